The smallest absolute Gasteiger partial charge is 0.223 e. The molecule has 0 aromatic carbocycles. The Morgan fingerprint density at radius 2 is 1.88 bits per heavy atom. The molecule has 0 aromatic heterocycles. The molecule has 4 nitrogen and oxygen atoms in total. The van der Waals surface area contributed by atoms with Gasteiger partial charge in [-0.25, -0.2) is 0 Å². The fraction of sp³-hybridized carbons (Fsp3) is 0.923. The Bertz CT molecular complexity index is 215. The average Bonchev–Trinajstić information content (AvgIpc) is 2.25. The van der Waals surface area contributed by atoms with Crippen molar-refractivity contribution in [1.29, 1.82) is 0 Å². The predicted octanol–water partition coefficient (Wildman–Crippen LogP) is 1.16. The molecular formula is C13H29N3O. The molecule has 0 bridgehead atoms. The van der Waals surface area contributed by atoms with E-state index in [1.807, 2.05) is 25.9 Å². The van der Waals surface area contributed by atoms with Crippen LogP contribution < -0.4 is 5.73 Å². The van der Waals surface area contributed by atoms with Gasteiger partial charge in [-0.05, 0) is 40.4 Å². The monoisotopic (exact) mass is 243 g/mol. The van der Waals surface area contributed by atoms with Gasteiger partial charge >= 0.3 is 0 Å². The van der Waals surface area contributed by atoms with Gasteiger partial charge in [0, 0.05) is 25.6 Å². The van der Waals surface area contributed by atoms with Crippen molar-refractivity contribution in [2.45, 2.75) is 39.7 Å². The number of nitrogens with zero attached hydrogens (tertiary/aromatic N) is 2. The number of rotatable bonds is 8. The van der Waals surface area contributed by atoms with Crippen LogP contribution in [0.2, 0.25) is 0 Å². The van der Waals surface area contributed by atoms with E-state index in [1.54, 1.807) is 0 Å². The van der Waals surface area contributed by atoms with Crippen LogP contribution in [-0.2, 0) is 4.79 Å². The van der Waals surface area contributed by atoms with Gasteiger partial charge in [-0.15, -0.1) is 0 Å². The lowest BCUT2D eigenvalue weighted by molar-refractivity contribution is -0.134. The normalized spacial score (nSPS) is 14.8. The highest BCUT2D eigenvalue weighted by Crippen LogP contribution is 2.11. The van der Waals surface area contributed by atoms with Crippen molar-refractivity contribution in [3.8, 4) is 0 Å². The number of nitrogens with two attached hydrogens (primary N) is 1. The van der Waals surface area contributed by atoms with E-state index in [4.69, 9.17) is 5.73 Å². The Morgan fingerprint density at radius 3 is 2.24 bits per heavy atom. The molecule has 0 spiro atoms. The van der Waals surface area contributed by atoms with E-state index in [0.717, 1.165) is 19.5 Å². The first-order valence-electron chi connectivity index (χ1n) is 6.60. The highest BCUT2D eigenvalue weighted by atomic mass is 16.2. The van der Waals surface area contributed by atoms with Gasteiger partial charge in [-0.1, -0.05) is 13.3 Å². The highest BCUT2D eigenvalue weighted by molar-refractivity contribution is 5.76. The van der Waals surface area contributed by atoms with Gasteiger partial charge in [0.2, 0.25) is 5.91 Å². The topological polar surface area (TPSA) is 49.6 Å². The molecule has 0 aliphatic heterocycles. The molecule has 0 aromatic rings. The molecule has 102 valence electrons. The Morgan fingerprint density at radius 1 is 1.29 bits per heavy atom. The number of amides is 1. The molecule has 0 radical (unpaired) electrons. The molecule has 0 aliphatic rings. The van der Waals surface area contributed by atoms with Crippen molar-refractivity contribution >= 4 is 5.91 Å². The van der Waals surface area contributed by atoms with Gasteiger partial charge in [0.25, 0.3) is 0 Å². The molecule has 4 heteroatoms. The van der Waals surface area contributed by atoms with Crippen LogP contribution in [0, 0.1) is 5.92 Å². The van der Waals surface area contributed by atoms with Crippen molar-refractivity contribution in [2.75, 3.05) is 33.7 Å². The molecule has 0 aliphatic carbocycles. The van der Waals surface area contributed by atoms with Crippen LogP contribution in [0.15, 0.2) is 0 Å². The molecule has 0 fully saturated rings. The summed E-state index contributed by atoms with van der Waals surface area (Å²) in [4.78, 5) is 16.2. The Kier molecular flexibility index (Phi) is 8.17. The summed E-state index contributed by atoms with van der Waals surface area (Å²) in [5.41, 5.74) is 5.65. The summed E-state index contributed by atoms with van der Waals surface area (Å²) in [6.45, 7) is 8.50. The van der Waals surface area contributed by atoms with E-state index in [-0.39, 0.29) is 11.9 Å². The first kappa shape index (κ1) is 16.4. The first-order valence-corrected chi connectivity index (χ1v) is 6.60. The number of hydrogen-bond donors (Lipinski definition) is 1. The third-order valence-electron chi connectivity index (χ3n) is 3.20. The van der Waals surface area contributed by atoms with Crippen LogP contribution in [0.1, 0.15) is 33.6 Å². The SMILES string of the molecule is CCC(CN)CC(=O)N(CC)C(C)CN(C)C. The van der Waals surface area contributed by atoms with Crippen LogP contribution in [0.4, 0.5) is 0 Å². The minimum absolute atomic E-state index is 0.235. The van der Waals surface area contributed by atoms with Crippen molar-refractivity contribution in [3.63, 3.8) is 0 Å². The van der Waals surface area contributed by atoms with E-state index >= 15 is 0 Å². The summed E-state index contributed by atoms with van der Waals surface area (Å²) in [7, 11) is 4.06. The third kappa shape index (κ3) is 6.03. The second-order valence-corrected chi connectivity index (χ2v) is 5.01. The fourth-order valence-electron chi connectivity index (χ4n) is 2.12. The average molecular weight is 243 g/mol. The zero-order valence-corrected chi connectivity index (χ0v) is 12.1. The van der Waals surface area contributed by atoms with E-state index in [1.165, 1.54) is 0 Å². The van der Waals surface area contributed by atoms with Crippen molar-refractivity contribution in [3.05, 3.63) is 0 Å². The van der Waals surface area contributed by atoms with E-state index in [2.05, 4.69) is 18.7 Å². The van der Waals surface area contributed by atoms with Crippen LogP contribution in [0.25, 0.3) is 0 Å². The zero-order chi connectivity index (χ0) is 13.4. The van der Waals surface area contributed by atoms with Gasteiger partial charge in [0.05, 0.1) is 0 Å². The maximum Gasteiger partial charge on any atom is 0.223 e. The second kappa shape index (κ2) is 8.48. The second-order valence-electron chi connectivity index (χ2n) is 5.01. The van der Waals surface area contributed by atoms with Gasteiger partial charge in [0.15, 0.2) is 0 Å². The molecule has 1 amide bonds. The number of likely N-dealkylation sites (N-methyl/N-ethyl adjacent to an activating group) is 2. The van der Waals surface area contributed by atoms with Gasteiger partial charge < -0.3 is 15.5 Å². The zero-order valence-electron chi connectivity index (χ0n) is 12.1. The molecule has 2 atom stereocenters. The lowest BCUT2D eigenvalue weighted by Gasteiger charge is -2.31. The quantitative estimate of drug-likeness (QED) is 0.696. The summed E-state index contributed by atoms with van der Waals surface area (Å²) in [6.07, 6.45) is 1.56. The predicted molar refractivity (Wildman–Crippen MR) is 72.9 cm³/mol. The first-order chi connectivity index (χ1) is 7.96. The lowest BCUT2D eigenvalue weighted by atomic mass is 10.0. The Hall–Kier alpha value is -0.610. The van der Waals surface area contributed by atoms with Crippen LogP contribution >= 0.6 is 0 Å². The van der Waals surface area contributed by atoms with E-state index in [9.17, 15) is 4.79 Å². The highest BCUT2D eigenvalue weighted by Gasteiger charge is 2.21. The maximum absolute atomic E-state index is 12.2. The summed E-state index contributed by atoms with van der Waals surface area (Å²) in [5.74, 6) is 0.558. The van der Waals surface area contributed by atoms with Crippen molar-refractivity contribution in [1.82, 2.24) is 9.80 Å². The molecule has 0 rings (SSSR count). The molecule has 0 heterocycles. The summed E-state index contributed by atoms with van der Waals surface area (Å²) >= 11 is 0. The maximum atomic E-state index is 12.2. The molecule has 0 saturated carbocycles. The largest absolute Gasteiger partial charge is 0.339 e. The Labute approximate surface area is 106 Å². The fourth-order valence-corrected chi connectivity index (χ4v) is 2.12. The summed E-state index contributed by atoms with van der Waals surface area (Å²) in [6, 6.07) is 0.262. The van der Waals surface area contributed by atoms with Gasteiger partial charge in [-0.2, -0.15) is 0 Å². The molecule has 0 saturated heterocycles. The lowest BCUT2D eigenvalue weighted by Crippen LogP contribution is -2.44. The summed E-state index contributed by atoms with van der Waals surface area (Å²) < 4.78 is 0. The summed E-state index contributed by atoms with van der Waals surface area (Å²) in [5, 5.41) is 0. The van der Waals surface area contributed by atoms with Crippen LogP contribution in [0.3, 0.4) is 0 Å². The van der Waals surface area contributed by atoms with Gasteiger partial charge in [0.1, 0.15) is 0 Å². The van der Waals surface area contributed by atoms with Crippen LogP contribution in [-0.4, -0.2) is 55.5 Å². The minimum Gasteiger partial charge on any atom is -0.339 e. The Balaban J connectivity index is 4.38. The number of carbonyl (C=O) groups excluding carboxylic acids is 1. The molecular weight excluding hydrogens is 214 g/mol. The number of carbonyl (C=O) groups is 1. The molecule has 2 N–H and O–H groups in total. The van der Waals surface area contributed by atoms with E-state index in [0.29, 0.717) is 18.9 Å². The standard InChI is InChI=1S/C13H29N3O/c1-6-12(9-14)8-13(17)16(7-2)11(3)10-15(4)5/h11-12H,6-10,14H2,1-5H3. The van der Waals surface area contributed by atoms with Crippen LogP contribution in [0.5, 0.6) is 0 Å². The van der Waals surface area contributed by atoms with Crippen molar-refractivity contribution < 1.29 is 4.79 Å². The third-order valence-corrected chi connectivity index (χ3v) is 3.20. The minimum atomic E-state index is 0.235. The molecule has 17 heavy (non-hydrogen) atoms. The van der Waals surface area contributed by atoms with E-state index < -0.39 is 0 Å². The molecule has 2 unspecified atom stereocenters. The van der Waals surface area contributed by atoms with Crippen molar-refractivity contribution in [2.24, 2.45) is 11.7 Å². The van der Waals surface area contributed by atoms with Gasteiger partial charge in [-0.3, -0.25) is 4.79 Å². The number of hydrogen-bond acceptors (Lipinski definition) is 3.